The van der Waals surface area contributed by atoms with E-state index in [1.54, 1.807) is 0 Å². The second-order valence-electron chi connectivity index (χ2n) is 2.14. The highest BCUT2D eigenvalue weighted by Gasteiger charge is 1.95. The van der Waals surface area contributed by atoms with Gasteiger partial charge in [-0.3, -0.25) is 0 Å². The molecular formula is C5H10MgO. The van der Waals surface area contributed by atoms with E-state index in [2.05, 4.69) is 13.8 Å². The van der Waals surface area contributed by atoms with Gasteiger partial charge >= 0.3 is 20.4 Å². The van der Waals surface area contributed by atoms with Crippen molar-refractivity contribution < 1.29 is 4.79 Å². The van der Waals surface area contributed by atoms with E-state index in [0.29, 0.717) is 0 Å². The monoisotopic (exact) mass is 110 g/mol. The highest BCUT2D eigenvalue weighted by atomic mass is 24.5. The third kappa shape index (κ3) is 6.44. The molecule has 7 heavy (non-hydrogen) atoms. The van der Waals surface area contributed by atoms with Crippen LogP contribution in [0.3, 0.4) is 0 Å². The molecule has 0 aromatic carbocycles. The first kappa shape index (κ1) is 7.44. The van der Waals surface area contributed by atoms with Gasteiger partial charge in [0.1, 0.15) is 0 Å². The molecule has 0 atom stereocenters. The standard InChI is InChI=1S/C4H9.CHO.Mg/c1-4(2)3;1-2;/h4H,1H2,2-3H3;1H;. The third-order valence-electron chi connectivity index (χ3n) is 0.862. The van der Waals surface area contributed by atoms with Crippen molar-refractivity contribution in [2.24, 2.45) is 5.92 Å². The van der Waals surface area contributed by atoms with Crippen LogP contribution in [0, 0.1) is 5.92 Å². The summed E-state index contributed by atoms with van der Waals surface area (Å²) in [6, 6.07) is 0. The summed E-state index contributed by atoms with van der Waals surface area (Å²) in [4.78, 5) is 9.77. The van der Waals surface area contributed by atoms with Gasteiger partial charge in [0.05, 0.1) is 0 Å². The fourth-order valence-electron chi connectivity index (χ4n) is 0.401. The molecule has 0 bridgehead atoms. The molecule has 38 valence electrons. The van der Waals surface area contributed by atoms with Crippen LogP contribution in [0.25, 0.3) is 0 Å². The Labute approximate surface area is 54.2 Å². The van der Waals surface area contributed by atoms with Gasteiger partial charge in [-0.25, -0.2) is 0 Å². The molecule has 0 aliphatic carbocycles. The number of rotatable bonds is 3. The van der Waals surface area contributed by atoms with Gasteiger partial charge in [-0.15, -0.1) is 4.55 Å². The molecule has 1 nitrogen and oxygen atoms in total. The quantitative estimate of drug-likeness (QED) is 0.391. The van der Waals surface area contributed by atoms with Crippen LogP contribution in [0.1, 0.15) is 13.8 Å². The number of carbonyl (C=O) groups is 1. The fourth-order valence-corrected chi connectivity index (χ4v) is 1.20. The normalized spacial score (nSPS) is 8.43. The van der Waals surface area contributed by atoms with E-state index in [1.165, 1.54) is 4.55 Å². The smallest absolute Gasteiger partial charge is 0.340 e. The van der Waals surface area contributed by atoms with Crippen molar-refractivity contribution in [3.8, 4) is 0 Å². The second kappa shape index (κ2) is 4.59. The molecule has 0 spiro atoms. The van der Waals surface area contributed by atoms with Crippen LogP contribution in [0.15, 0.2) is 0 Å². The van der Waals surface area contributed by atoms with Crippen molar-refractivity contribution in [2.45, 2.75) is 18.4 Å². The molecule has 0 aromatic rings. The maximum absolute atomic E-state index is 9.77. The minimum absolute atomic E-state index is 0.306. The van der Waals surface area contributed by atoms with E-state index < -0.39 is 0 Å². The van der Waals surface area contributed by atoms with Crippen molar-refractivity contribution >= 4 is 24.8 Å². The highest BCUT2D eigenvalue weighted by molar-refractivity contribution is 6.66. The van der Waals surface area contributed by atoms with E-state index in [4.69, 9.17) is 0 Å². The average Bonchev–Trinajstić information content (AvgIpc) is 1.61. The Morgan fingerprint density at radius 2 is 2.29 bits per heavy atom. The first-order valence-electron chi connectivity index (χ1n) is 2.71. The maximum atomic E-state index is 9.77. The summed E-state index contributed by atoms with van der Waals surface area (Å²) in [5, 5.41) is 0. The SMILES string of the molecule is CC(C)[CH2][Mg][CH]=O. The Bertz CT molecular complexity index is 52.0. The van der Waals surface area contributed by atoms with Gasteiger partial charge in [0.15, 0.2) is 0 Å². The number of carbonyl (C=O) groups excluding carboxylic acids is 1. The molecule has 0 aliphatic rings. The molecule has 0 heterocycles. The fraction of sp³-hybridized carbons (Fsp3) is 0.800. The van der Waals surface area contributed by atoms with Crippen molar-refractivity contribution in [3.63, 3.8) is 0 Å². The lowest BCUT2D eigenvalue weighted by atomic mass is 10.3. The molecule has 0 aromatic heterocycles. The summed E-state index contributed by atoms with van der Waals surface area (Å²) in [6.45, 7) is 4.30. The molecule has 2 heteroatoms. The summed E-state index contributed by atoms with van der Waals surface area (Å²) in [5.41, 5.74) is 0. The number of hydrogen-bond acceptors (Lipinski definition) is 1. The zero-order chi connectivity index (χ0) is 5.70. The molecule has 0 N–H and O–H groups in total. The zero-order valence-corrected chi connectivity index (χ0v) is 6.39. The van der Waals surface area contributed by atoms with Crippen molar-refractivity contribution in [1.29, 1.82) is 0 Å². The van der Waals surface area contributed by atoms with E-state index in [0.717, 1.165) is 10.3 Å². The van der Waals surface area contributed by atoms with E-state index >= 15 is 0 Å². The first-order valence-corrected chi connectivity index (χ1v) is 4.52. The van der Waals surface area contributed by atoms with Gasteiger partial charge in [0, 0.05) is 0 Å². The lowest BCUT2D eigenvalue weighted by Gasteiger charge is -1.94. The third-order valence-corrected chi connectivity index (χ3v) is 2.59. The highest BCUT2D eigenvalue weighted by Crippen LogP contribution is 1.95. The molecular weight excluding hydrogens is 100 g/mol. The van der Waals surface area contributed by atoms with Gasteiger partial charge < -0.3 is 4.79 Å². The predicted molar refractivity (Wildman–Crippen MR) is 32.1 cm³/mol. The minimum Gasteiger partial charge on any atom is -0.340 e. The van der Waals surface area contributed by atoms with Gasteiger partial charge in [0.25, 0.3) is 0 Å². The van der Waals surface area contributed by atoms with Gasteiger partial charge in [-0.05, 0) is 4.42 Å². The molecule has 0 amide bonds. The van der Waals surface area contributed by atoms with Crippen LogP contribution in [0.5, 0.6) is 0 Å². The van der Waals surface area contributed by atoms with E-state index in [-0.39, 0.29) is 20.4 Å². The zero-order valence-electron chi connectivity index (χ0n) is 4.98. The summed E-state index contributed by atoms with van der Waals surface area (Å²) in [6.07, 6.45) is 0. The molecule has 0 unspecified atom stereocenters. The van der Waals surface area contributed by atoms with Crippen LogP contribution < -0.4 is 0 Å². The Balaban J connectivity index is 2.81. The summed E-state index contributed by atoms with van der Waals surface area (Å²) in [7, 11) is 0. The van der Waals surface area contributed by atoms with E-state index in [1.807, 2.05) is 0 Å². The van der Waals surface area contributed by atoms with Crippen molar-refractivity contribution in [2.75, 3.05) is 0 Å². The molecule has 0 rings (SSSR count). The average molecular weight is 110 g/mol. The molecule has 0 fully saturated rings. The van der Waals surface area contributed by atoms with Crippen LogP contribution in [-0.2, 0) is 4.79 Å². The topological polar surface area (TPSA) is 17.1 Å². The molecule has 0 aliphatic heterocycles. The summed E-state index contributed by atoms with van der Waals surface area (Å²) >= 11 is -0.306. The predicted octanol–water partition coefficient (Wildman–Crippen LogP) is 0.955. The van der Waals surface area contributed by atoms with Crippen LogP contribution in [-0.4, -0.2) is 24.8 Å². The maximum Gasteiger partial charge on any atom is 0.462 e. The van der Waals surface area contributed by atoms with Crippen LogP contribution in [0.4, 0.5) is 0 Å². The Morgan fingerprint density at radius 3 is 2.43 bits per heavy atom. The van der Waals surface area contributed by atoms with Crippen molar-refractivity contribution in [1.82, 2.24) is 0 Å². The largest absolute Gasteiger partial charge is 0.462 e. The molecule has 0 radical (unpaired) electrons. The molecule has 0 saturated heterocycles. The van der Waals surface area contributed by atoms with Gasteiger partial charge in [-0.2, -0.15) is 0 Å². The lowest BCUT2D eigenvalue weighted by molar-refractivity contribution is 0.567. The first-order chi connectivity index (χ1) is 3.27. The van der Waals surface area contributed by atoms with Crippen LogP contribution in [0.2, 0.25) is 4.55 Å². The molecule has 0 saturated carbocycles. The Morgan fingerprint density at radius 1 is 1.71 bits per heavy atom. The van der Waals surface area contributed by atoms with E-state index in [9.17, 15) is 4.79 Å². The van der Waals surface area contributed by atoms with Gasteiger partial charge in [0.2, 0.25) is 0 Å². The summed E-state index contributed by atoms with van der Waals surface area (Å²) < 4.78 is 2.28. The Hall–Kier alpha value is 0.436. The minimum atomic E-state index is -0.306. The van der Waals surface area contributed by atoms with Gasteiger partial charge in [-0.1, -0.05) is 19.8 Å². The Kier molecular flexibility index (Phi) is 4.88. The lowest BCUT2D eigenvalue weighted by Crippen LogP contribution is -1.95. The van der Waals surface area contributed by atoms with Crippen LogP contribution >= 0.6 is 0 Å². The summed E-state index contributed by atoms with van der Waals surface area (Å²) in [5.74, 6) is 0.733. The van der Waals surface area contributed by atoms with Crippen molar-refractivity contribution in [3.05, 3.63) is 0 Å². The second-order valence-corrected chi connectivity index (χ2v) is 3.63. The number of hydrogen-bond donors (Lipinski definition) is 0.